The molecule has 2 heterocycles. The third-order valence-electron chi connectivity index (χ3n) is 5.33. The highest BCUT2D eigenvalue weighted by atomic mass is 16.5. The van der Waals surface area contributed by atoms with Gasteiger partial charge in [0.15, 0.2) is 11.5 Å². The van der Waals surface area contributed by atoms with Crippen LogP contribution in [0.4, 0.5) is 0 Å². The SMILES string of the molecule is COc1cc(C(=O)N2CCc3[nH]c4cc(C)ccc4c3C2)cc(OC)c1OC. The van der Waals surface area contributed by atoms with Crippen molar-refractivity contribution in [2.75, 3.05) is 27.9 Å². The number of carbonyl (C=O) groups excluding carboxylic acids is 1. The predicted octanol–water partition coefficient (Wildman–Crippen LogP) is 3.70. The number of ether oxygens (including phenoxy) is 3. The average molecular weight is 380 g/mol. The lowest BCUT2D eigenvalue weighted by Gasteiger charge is -2.28. The fourth-order valence-electron chi connectivity index (χ4n) is 3.90. The number of fused-ring (bicyclic) bond motifs is 3. The van der Waals surface area contributed by atoms with Crippen LogP contribution in [-0.4, -0.2) is 43.7 Å². The lowest BCUT2D eigenvalue weighted by molar-refractivity contribution is 0.0734. The summed E-state index contributed by atoms with van der Waals surface area (Å²) >= 11 is 0. The maximum absolute atomic E-state index is 13.2. The van der Waals surface area contributed by atoms with Crippen LogP contribution >= 0.6 is 0 Å². The Morgan fingerprint density at radius 3 is 2.39 bits per heavy atom. The molecule has 0 radical (unpaired) electrons. The summed E-state index contributed by atoms with van der Waals surface area (Å²) in [5, 5.41) is 1.18. The first-order valence-corrected chi connectivity index (χ1v) is 9.25. The van der Waals surface area contributed by atoms with Crippen molar-refractivity contribution < 1.29 is 19.0 Å². The van der Waals surface area contributed by atoms with Crippen LogP contribution in [0.3, 0.4) is 0 Å². The molecule has 0 fully saturated rings. The molecule has 1 aliphatic heterocycles. The molecule has 1 amide bonds. The zero-order valence-electron chi connectivity index (χ0n) is 16.6. The molecule has 6 heteroatoms. The Balaban J connectivity index is 1.68. The molecule has 146 valence electrons. The van der Waals surface area contributed by atoms with Gasteiger partial charge in [0.05, 0.1) is 21.3 Å². The van der Waals surface area contributed by atoms with Gasteiger partial charge in [-0.2, -0.15) is 0 Å². The van der Waals surface area contributed by atoms with Crippen LogP contribution in [0.5, 0.6) is 17.2 Å². The van der Waals surface area contributed by atoms with Crippen LogP contribution in [0.2, 0.25) is 0 Å². The highest BCUT2D eigenvalue weighted by Crippen LogP contribution is 2.39. The topological polar surface area (TPSA) is 63.8 Å². The molecule has 4 rings (SSSR count). The van der Waals surface area contributed by atoms with Crippen LogP contribution in [0, 0.1) is 6.92 Å². The number of nitrogens with one attached hydrogen (secondary N) is 1. The summed E-state index contributed by atoms with van der Waals surface area (Å²) < 4.78 is 16.1. The smallest absolute Gasteiger partial charge is 0.254 e. The second-order valence-corrected chi connectivity index (χ2v) is 7.02. The Labute approximate surface area is 164 Å². The number of hydrogen-bond donors (Lipinski definition) is 1. The fraction of sp³-hybridized carbons (Fsp3) is 0.318. The fourth-order valence-corrected chi connectivity index (χ4v) is 3.90. The summed E-state index contributed by atoms with van der Waals surface area (Å²) in [4.78, 5) is 18.6. The number of hydrogen-bond acceptors (Lipinski definition) is 4. The molecule has 0 saturated heterocycles. The first-order chi connectivity index (χ1) is 13.5. The molecular formula is C22H24N2O4. The molecule has 6 nitrogen and oxygen atoms in total. The van der Waals surface area contributed by atoms with Gasteiger partial charge < -0.3 is 24.1 Å². The van der Waals surface area contributed by atoms with Crippen molar-refractivity contribution in [1.29, 1.82) is 0 Å². The molecule has 0 saturated carbocycles. The second kappa shape index (κ2) is 7.11. The Hall–Kier alpha value is -3.15. The van der Waals surface area contributed by atoms with Crippen LogP contribution in [0.1, 0.15) is 27.2 Å². The van der Waals surface area contributed by atoms with Gasteiger partial charge in [0, 0.05) is 47.2 Å². The molecule has 2 aromatic carbocycles. The molecule has 1 N–H and O–H groups in total. The second-order valence-electron chi connectivity index (χ2n) is 7.02. The number of H-pyrrole nitrogens is 1. The van der Waals surface area contributed by atoms with E-state index in [-0.39, 0.29) is 5.91 Å². The number of nitrogens with zero attached hydrogens (tertiary/aromatic N) is 1. The van der Waals surface area contributed by atoms with Crippen LogP contribution < -0.4 is 14.2 Å². The normalized spacial score (nSPS) is 13.4. The Morgan fingerprint density at radius 2 is 1.75 bits per heavy atom. The summed E-state index contributed by atoms with van der Waals surface area (Å²) in [6.07, 6.45) is 0.805. The average Bonchev–Trinajstić information content (AvgIpc) is 3.08. The summed E-state index contributed by atoms with van der Waals surface area (Å²) in [5.74, 6) is 1.39. The largest absolute Gasteiger partial charge is 0.493 e. The van der Waals surface area contributed by atoms with E-state index in [1.54, 1.807) is 33.5 Å². The maximum Gasteiger partial charge on any atom is 0.254 e. The van der Waals surface area contributed by atoms with E-state index in [2.05, 4.69) is 30.1 Å². The number of aromatic nitrogens is 1. The Kier molecular flexibility index (Phi) is 4.63. The molecule has 0 atom stereocenters. The summed E-state index contributed by atoms with van der Waals surface area (Å²) in [6.45, 7) is 3.32. The van der Waals surface area contributed by atoms with Crippen molar-refractivity contribution in [2.45, 2.75) is 19.9 Å². The maximum atomic E-state index is 13.2. The molecule has 3 aromatic rings. The van der Waals surface area contributed by atoms with Gasteiger partial charge in [-0.1, -0.05) is 12.1 Å². The van der Waals surface area contributed by atoms with Gasteiger partial charge >= 0.3 is 0 Å². The summed E-state index contributed by atoms with van der Waals surface area (Å²) in [6, 6.07) is 9.80. The first kappa shape index (κ1) is 18.2. The molecule has 1 aliphatic rings. The van der Waals surface area contributed by atoms with Crippen LogP contribution in [0.15, 0.2) is 30.3 Å². The highest BCUT2D eigenvalue weighted by Gasteiger charge is 2.26. The van der Waals surface area contributed by atoms with Crippen LogP contribution in [0.25, 0.3) is 10.9 Å². The third kappa shape index (κ3) is 2.95. The number of methoxy groups -OCH3 is 3. The standard InChI is InChI=1S/C22H24N2O4/c1-13-5-6-15-16-12-24(8-7-17(16)23-18(15)9-13)22(25)14-10-19(26-2)21(28-4)20(11-14)27-3/h5-6,9-11,23H,7-8,12H2,1-4H3. The van der Waals surface area contributed by atoms with Gasteiger partial charge in [-0.25, -0.2) is 0 Å². The minimum absolute atomic E-state index is 0.0497. The molecular weight excluding hydrogens is 356 g/mol. The van der Waals surface area contributed by atoms with E-state index in [4.69, 9.17) is 14.2 Å². The molecule has 28 heavy (non-hydrogen) atoms. The molecule has 1 aromatic heterocycles. The lowest BCUT2D eigenvalue weighted by atomic mass is 10.0. The minimum atomic E-state index is -0.0497. The Morgan fingerprint density at radius 1 is 1.04 bits per heavy atom. The zero-order chi connectivity index (χ0) is 19.8. The van der Waals surface area contributed by atoms with Crippen molar-refractivity contribution >= 4 is 16.8 Å². The predicted molar refractivity (Wildman–Crippen MR) is 108 cm³/mol. The third-order valence-corrected chi connectivity index (χ3v) is 5.33. The van der Waals surface area contributed by atoms with Crippen molar-refractivity contribution in [2.24, 2.45) is 0 Å². The van der Waals surface area contributed by atoms with Crippen molar-refractivity contribution in [3.63, 3.8) is 0 Å². The molecule has 0 aliphatic carbocycles. The van der Waals surface area contributed by atoms with Gasteiger partial charge in [-0.15, -0.1) is 0 Å². The highest BCUT2D eigenvalue weighted by molar-refractivity contribution is 5.96. The van der Waals surface area contributed by atoms with E-state index in [1.807, 2.05) is 4.90 Å². The number of benzene rings is 2. The summed E-state index contributed by atoms with van der Waals surface area (Å²) in [7, 11) is 4.64. The summed E-state index contributed by atoms with van der Waals surface area (Å²) in [5.41, 5.74) is 5.29. The quantitative estimate of drug-likeness (QED) is 0.750. The lowest BCUT2D eigenvalue weighted by Crippen LogP contribution is -2.35. The number of aryl methyl sites for hydroxylation is 1. The van der Waals surface area contributed by atoms with Gasteiger partial charge in [-0.05, 0) is 30.7 Å². The van der Waals surface area contributed by atoms with Crippen molar-refractivity contribution in [3.05, 3.63) is 52.7 Å². The van der Waals surface area contributed by atoms with E-state index < -0.39 is 0 Å². The number of aromatic amines is 1. The minimum Gasteiger partial charge on any atom is -0.493 e. The van der Waals surface area contributed by atoms with E-state index in [9.17, 15) is 4.79 Å². The molecule has 0 spiro atoms. The van der Waals surface area contributed by atoms with Gasteiger partial charge in [0.25, 0.3) is 5.91 Å². The Bertz CT molecular complexity index is 1030. The van der Waals surface area contributed by atoms with Gasteiger partial charge in [0.1, 0.15) is 0 Å². The first-order valence-electron chi connectivity index (χ1n) is 9.25. The van der Waals surface area contributed by atoms with E-state index in [0.29, 0.717) is 35.9 Å². The zero-order valence-corrected chi connectivity index (χ0v) is 16.6. The van der Waals surface area contributed by atoms with E-state index in [0.717, 1.165) is 11.9 Å². The number of carbonyl (C=O) groups is 1. The van der Waals surface area contributed by atoms with Crippen LogP contribution in [-0.2, 0) is 13.0 Å². The number of amides is 1. The van der Waals surface area contributed by atoms with Crippen molar-refractivity contribution in [3.8, 4) is 17.2 Å². The monoisotopic (exact) mass is 380 g/mol. The number of rotatable bonds is 4. The van der Waals surface area contributed by atoms with E-state index >= 15 is 0 Å². The van der Waals surface area contributed by atoms with Gasteiger partial charge in [0.2, 0.25) is 5.75 Å². The van der Waals surface area contributed by atoms with E-state index in [1.165, 1.54) is 22.2 Å². The van der Waals surface area contributed by atoms with Crippen molar-refractivity contribution in [1.82, 2.24) is 9.88 Å². The van der Waals surface area contributed by atoms with Gasteiger partial charge in [-0.3, -0.25) is 4.79 Å². The molecule has 0 bridgehead atoms. The molecule has 0 unspecified atom stereocenters.